The molecule has 1 aromatic carbocycles. The van der Waals surface area contributed by atoms with Crippen LogP contribution in [0.15, 0.2) is 42.0 Å². The fourth-order valence-electron chi connectivity index (χ4n) is 1.59. The van der Waals surface area contributed by atoms with Crippen LogP contribution >= 0.6 is 0 Å². The van der Waals surface area contributed by atoms with Crippen molar-refractivity contribution in [2.24, 2.45) is 0 Å². The normalized spacial score (nSPS) is 14.7. The zero-order chi connectivity index (χ0) is 9.10. The van der Waals surface area contributed by atoms with Gasteiger partial charge in [-0.1, -0.05) is 36.4 Å². The molecule has 1 radical (unpaired) electrons. The third kappa shape index (κ3) is 1.89. The SMILES string of the molecule is Cc1ccccc1CC1=[C]CC=C1. The van der Waals surface area contributed by atoms with Gasteiger partial charge in [0, 0.05) is 0 Å². The van der Waals surface area contributed by atoms with E-state index in [2.05, 4.69) is 49.4 Å². The molecule has 2 rings (SSSR count). The molecular weight excluding hydrogens is 156 g/mol. The van der Waals surface area contributed by atoms with Crippen molar-refractivity contribution in [1.82, 2.24) is 0 Å². The number of benzene rings is 1. The van der Waals surface area contributed by atoms with E-state index in [4.69, 9.17) is 0 Å². The van der Waals surface area contributed by atoms with E-state index < -0.39 is 0 Å². The number of hydrogen-bond acceptors (Lipinski definition) is 0. The summed E-state index contributed by atoms with van der Waals surface area (Å²) in [4.78, 5) is 0. The van der Waals surface area contributed by atoms with Gasteiger partial charge in [-0.15, -0.1) is 0 Å². The van der Waals surface area contributed by atoms with Crippen molar-refractivity contribution < 1.29 is 0 Å². The smallest absolute Gasteiger partial charge is 0.00203 e. The van der Waals surface area contributed by atoms with Gasteiger partial charge in [-0.05, 0) is 42.5 Å². The lowest BCUT2D eigenvalue weighted by molar-refractivity contribution is 1.15. The Labute approximate surface area is 79.6 Å². The van der Waals surface area contributed by atoms with Gasteiger partial charge < -0.3 is 0 Å². The minimum absolute atomic E-state index is 0.987. The third-order valence-electron chi connectivity index (χ3n) is 2.41. The Morgan fingerprint density at radius 3 is 2.85 bits per heavy atom. The molecule has 0 heteroatoms. The molecule has 0 atom stereocenters. The highest BCUT2D eigenvalue weighted by Gasteiger charge is 2.01. The molecular formula is C13H13. The van der Waals surface area contributed by atoms with Crippen molar-refractivity contribution in [3.05, 3.63) is 59.2 Å². The Bertz CT molecular complexity index is 356. The van der Waals surface area contributed by atoms with Crippen molar-refractivity contribution in [2.75, 3.05) is 0 Å². The van der Waals surface area contributed by atoms with Gasteiger partial charge >= 0.3 is 0 Å². The van der Waals surface area contributed by atoms with Gasteiger partial charge in [0.05, 0.1) is 0 Å². The second-order valence-corrected chi connectivity index (χ2v) is 3.41. The first-order chi connectivity index (χ1) is 6.36. The van der Waals surface area contributed by atoms with Crippen LogP contribution in [-0.4, -0.2) is 0 Å². The van der Waals surface area contributed by atoms with Crippen LogP contribution in [0.5, 0.6) is 0 Å². The number of aryl methyl sites for hydroxylation is 1. The molecule has 0 aromatic heterocycles. The topological polar surface area (TPSA) is 0 Å². The summed E-state index contributed by atoms with van der Waals surface area (Å²) in [6.45, 7) is 2.16. The lowest BCUT2D eigenvalue weighted by Crippen LogP contribution is -1.89. The third-order valence-corrected chi connectivity index (χ3v) is 2.41. The molecule has 0 spiro atoms. The standard InChI is InChI=1S/C13H13/c1-11-6-2-5-9-13(11)10-12-7-3-4-8-12/h2-3,5-7,9H,4,10H2,1H3. The Hall–Kier alpha value is -1.30. The maximum atomic E-state index is 3.34. The van der Waals surface area contributed by atoms with Crippen LogP contribution in [-0.2, 0) is 6.42 Å². The van der Waals surface area contributed by atoms with E-state index in [0.29, 0.717) is 0 Å². The fourth-order valence-corrected chi connectivity index (χ4v) is 1.59. The van der Waals surface area contributed by atoms with E-state index in [9.17, 15) is 0 Å². The van der Waals surface area contributed by atoms with Crippen molar-refractivity contribution in [3.63, 3.8) is 0 Å². The van der Waals surface area contributed by atoms with E-state index >= 15 is 0 Å². The molecule has 65 valence electrons. The first-order valence-electron chi connectivity index (χ1n) is 4.67. The highest BCUT2D eigenvalue weighted by atomic mass is 14.1. The lowest BCUT2D eigenvalue weighted by atomic mass is 10.0. The van der Waals surface area contributed by atoms with Crippen LogP contribution < -0.4 is 0 Å². The van der Waals surface area contributed by atoms with E-state index in [0.717, 1.165) is 12.8 Å². The highest BCUT2D eigenvalue weighted by Crippen LogP contribution is 2.16. The number of allylic oxidation sites excluding steroid dienone is 4. The zero-order valence-electron chi connectivity index (χ0n) is 7.88. The predicted octanol–water partition coefficient (Wildman–Crippen LogP) is 3.23. The maximum Gasteiger partial charge on any atom is -0.00203 e. The monoisotopic (exact) mass is 169 g/mol. The van der Waals surface area contributed by atoms with E-state index in [1.54, 1.807) is 0 Å². The Balaban J connectivity index is 2.18. The molecule has 1 aromatic rings. The first-order valence-corrected chi connectivity index (χ1v) is 4.67. The van der Waals surface area contributed by atoms with Crippen molar-refractivity contribution >= 4 is 0 Å². The number of hydrogen-bond donors (Lipinski definition) is 0. The van der Waals surface area contributed by atoms with Gasteiger partial charge in [-0.25, -0.2) is 0 Å². The minimum Gasteiger partial charge on any atom is -0.0798 e. The van der Waals surface area contributed by atoms with Gasteiger partial charge in [0.1, 0.15) is 0 Å². The average Bonchev–Trinajstić information content (AvgIpc) is 2.61. The first kappa shape index (κ1) is 8.31. The van der Waals surface area contributed by atoms with Crippen LogP contribution in [0.1, 0.15) is 17.5 Å². The van der Waals surface area contributed by atoms with Crippen LogP contribution in [0.4, 0.5) is 0 Å². The second-order valence-electron chi connectivity index (χ2n) is 3.41. The Morgan fingerprint density at radius 2 is 2.15 bits per heavy atom. The summed E-state index contributed by atoms with van der Waals surface area (Å²) in [5.74, 6) is 0. The number of rotatable bonds is 2. The Morgan fingerprint density at radius 1 is 1.31 bits per heavy atom. The summed E-state index contributed by atoms with van der Waals surface area (Å²) in [7, 11) is 0. The summed E-state index contributed by atoms with van der Waals surface area (Å²) in [6, 6.07) is 8.54. The van der Waals surface area contributed by atoms with Crippen LogP contribution in [0.2, 0.25) is 0 Å². The maximum absolute atomic E-state index is 3.34. The quantitative estimate of drug-likeness (QED) is 0.637. The summed E-state index contributed by atoms with van der Waals surface area (Å²) in [5, 5.41) is 0. The van der Waals surface area contributed by atoms with Crippen LogP contribution in [0.25, 0.3) is 0 Å². The molecule has 0 N–H and O–H groups in total. The van der Waals surface area contributed by atoms with Gasteiger partial charge in [0.25, 0.3) is 0 Å². The summed E-state index contributed by atoms with van der Waals surface area (Å²) < 4.78 is 0. The zero-order valence-corrected chi connectivity index (χ0v) is 7.88. The summed E-state index contributed by atoms with van der Waals surface area (Å²) in [5.41, 5.74) is 4.11. The van der Waals surface area contributed by atoms with E-state index in [1.165, 1.54) is 16.7 Å². The molecule has 0 saturated carbocycles. The molecule has 0 amide bonds. The van der Waals surface area contributed by atoms with Gasteiger partial charge in [0.2, 0.25) is 0 Å². The van der Waals surface area contributed by atoms with E-state index in [1.807, 2.05) is 0 Å². The predicted molar refractivity (Wildman–Crippen MR) is 55.4 cm³/mol. The van der Waals surface area contributed by atoms with Gasteiger partial charge in [-0.3, -0.25) is 0 Å². The molecule has 0 heterocycles. The van der Waals surface area contributed by atoms with Gasteiger partial charge in [0.15, 0.2) is 0 Å². The fraction of sp³-hybridized carbons (Fsp3) is 0.231. The molecule has 1 aliphatic rings. The Kier molecular flexibility index (Phi) is 2.31. The van der Waals surface area contributed by atoms with E-state index in [-0.39, 0.29) is 0 Å². The molecule has 0 fully saturated rings. The van der Waals surface area contributed by atoms with Gasteiger partial charge in [-0.2, -0.15) is 0 Å². The minimum atomic E-state index is 0.987. The van der Waals surface area contributed by atoms with Crippen LogP contribution in [0, 0.1) is 13.0 Å². The summed E-state index contributed by atoms with van der Waals surface area (Å²) >= 11 is 0. The molecule has 0 bridgehead atoms. The molecule has 0 aliphatic heterocycles. The highest BCUT2D eigenvalue weighted by molar-refractivity contribution is 5.34. The van der Waals surface area contributed by atoms with Crippen LogP contribution in [0.3, 0.4) is 0 Å². The molecule has 13 heavy (non-hydrogen) atoms. The lowest BCUT2D eigenvalue weighted by Gasteiger charge is -2.03. The molecule has 0 unspecified atom stereocenters. The molecule has 1 aliphatic carbocycles. The van der Waals surface area contributed by atoms with Crippen molar-refractivity contribution in [1.29, 1.82) is 0 Å². The summed E-state index contributed by atoms with van der Waals surface area (Å²) in [6.07, 6.45) is 9.69. The van der Waals surface area contributed by atoms with Crippen molar-refractivity contribution in [2.45, 2.75) is 19.8 Å². The van der Waals surface area contributed by atoms with Crippen molar-refractivity contribution in [3.8, 4) is 0 Å². The largest absolute Gasteiger partial charge is 0.0798 e. The second kappa shape index (κ2) is 3.61. The molecule has 0 nitrogen and oxygen atoms in total. The molecule has 0 saturated heterocycles. The average molecular weight is 169 g/mol.